The summed E-state index contributed by atoms with van der Waals surface area (Å²) in [4.78, 5) is 26.2. The summed E-state index contributed by atoms with van der Waals surface area (Å²) in [6, 6.07) is 6.45. The second-order valence-electron chi connectivity index (χ2n) is 4.19. The average Bonchev–Trinajstić information content (AvgIpc) is 2.77. The van der Waals surface area contributed by atoms with Gasteiger partial charge in [-0.3, -0.25) is 9.59 Å². The van der Waals surface area contributed by atoms with Crippen LogP contribution in [0.5, 0.6) is 0 Å². The quantitative estimate of drug-likeness (QED) is 0.563. The maximum absolute atomic E-state index is 12.0. The number of rotatable bonds is 3. The highest BCUT2D eigenvalue weighted by Crippen LogP contribution is 2.12. The van der Waals surface area contributed by atoms with E-state index in [0.29, 0.717) is 21.7 Å². The van der Waals surface area contributed by atoms with Gasteiger partial charge in [0.2, 0.25) is 12.0 Å². The van der Waals surface area contributed by atoms with Crippen LogP contribution in [0.25, 0.3) is 0 Å². The van der Waals surface area contributed by atoms with Gasteiger partial charge in [0.05, 0.1) is 0 Å². The van der Waals surface area contributed by atoms with Gasteiger partial charge in [-0.2, -0.15) is 0 Å². The van der Waals surface area contributed by atoms with Crippen molar-refractivity contribution in [1.29, 1.82) is 0 Å². The third-order valence-corrected chi connectivity index (χ3v) is 2.80. The molecule has 2 amide bonds. The van der Waals surface area contributed by atoms with Gasteiger partial charge < -0.3 is 15.8 Å². The van der Waals surface area contributed by atoms with E-state index < -0.39 is 5.91 Å². The number of aromatic amines is 1. The minimum atomic E-state index is -0.534. The molecule has 2 rings (SSSR count). The molecule has 1 aromatic heterocycles. The number of aryl methyl sites for hydroxylation is 1. The van der Waals surface area contributed by atoms with Crippen LogP contribution in [-0.2, 0) is 0 Å². The highest BCUT2D eigenvalue weighted by Gasteiger charge is 2.19. The van der Waals surface area contributed by atoms with Crippen molar-refractivity contribution in [3.8, 4) is 0 Å². The zero-order chi connectivity index (χ0) is 14.7. The minimum absolute atomic E-state index is 0.00431. The van der Waals surface area contributed by atoms with E-state index in [1.54, 1.807) is 25.1 Å². The molecule has 20 heavy (non-hydrogen) atoms. The number of nitrogens with zero attached hydrogens (tertiary/aromatic N) is 1. The van der Waals surface area contributed by atoms with E-state index in [1.165, 1.54) is 13.1 Å². The number of carbonyl (C=O) groups is 2. The predicted molar refractivity (Wildman–Crippen MR) is 72.3 cm³/mol. The Morgan fingerprint density at radius 2 is 2.05 bits per heavy atom. The first kappa shape index (κ1) is 13.6. The van der Waals surface area contributed by atoms with Crippen LogP contribution in [0.3, 0.4) is 0 Å². The molecule has 0 saturated heterocycles. The van der Waals surface area contributed by atoms with Gasteiger partial charge in [0.15, 0.2) is 5.69 Å². The summed E-state index contributed by atoms with van der Waals surface area (Å²) in [6.45, 7) is 1.63. The van der Waals surface area contributed by atoms with Crippen molar-refractivity contribution in [2.75, 3.05) is 12.4 Å². The molecular weight excluding hydrogens is 260 g/mol. The molecule has 0 spiro atoms. The lowest BCUT2D eigenvalue weighted by molar-refractivity contribution is -0.606. The fraction of sp³-hybridized carbons (Fsp3) is 0.154. The van der Waals surface area contributed by atoms with E-state index in [9.17, 15) is 14.8 Å². The molecule has 104 valence electrons. The number of benzene rings is 1. The summed E-state index contributed by atoms with van der Waals surface area (Å²) in [6.07, 6.45) is 1.16. The lowest BCUT2D eigenvalue weighted by Gasteiger charge is -2.07. The van der Waals surface area contributed by atoms with Crippen LogP contribution in [0.4, 0.5) is 5.69 Å². The van der Waals surface area contributed by atoms with Crippen molar-refractivity contribution < 1.29 is 14.3 Å². The lowest BCUT2D eigenvalue weighted by atomic mass is 10.2. The zero-order valence-corrected chi connectivity index (χ0v) is 11.1. The SMILES string of the molecule is CNC(=O)c1cccc(NC(=O)c2c(C)[nH]c[n+]2[O-])c1. The Kier molecular flexibility index (Phi) is 3.69. The van der Waals surface area contributed by atoms with Gasteiger partial charge in [0.25, 0.3) is 11.8 Å². The highest BCUT2D eigenvalue weighted by atomic mass is 16.5. The summed E-state index contributed by atoms with van der Waals surface area (Å²) >= 11 is 0. The molecule has 7 heteroatoms. The Labute approximate surface area is 115 Å². The van der Waals surface area contributed by atoms with Crippen LogP contribution in [0, 0.1) is 12.1 Å². The summed E-state index contributed by atoms with van der Waals surface area (Å²) in [7, 11) is 1.52. The molecule has 0 aliphatic heterocycles. The molecule has 3 N–H and O–H groups in total. The number of aromatic nitrogens is 2. The molecule has 2 aromatic rings. The summed E-state index contributed by atoms with van der Waals surface area (Å²) in [5.41, 5.74) is 1.33. The molecule has 7 nitrogen and oxygen atoms in total. The number of nitrogens with one attached hydrogen (secondary N) is 3. The number of carbonyl (C=O) groups excluding carboxylic acids is 2. The van der Waals surface area contributed by atoms with Crippen LogP contribution >= 0.6 is 0 Å². The van der Waals surface area contributed by atoms with E-state index in [-0.39, 0.29) is 11.6 Å². The van der Waals surface area contributed by atoms with Crippen molar-refractivity contribution in [2.24, 2.45) is 0 Å². The van der Waals surface area contributed by atoms with Crippen molar-refractivity contribution in [3.05, 3.63) is 52.8 Å². The van der Waals surface area contributed by atoms with E-state index in [2.05, 4.69) is 15.6 Å². The molecule has 0 aliphatic rings. The predicted octanol–water partition coefficient (Wildman–Crippen LogP) is 0.568. The Morgan fingerprint density at radius 3 is 2.65 bits per heavy atom. The zero-order valence-electron chi connectivity index (χ0n) is 11.1. The first-order valence-electron chi connectivity index (χ1n) is 5.93. The minimum Gasteiger partial charge on any atom is -0.710 e. The molecular formula is C13H14N4O3. The van der Waals surface area contributed by atoms with Crippen molar-refractivity contribution in [1.82, 2.24) is 10.3 Å². The second-order valence-corrected chi connectivity index (χ2v) is 4.19. The maximum atomic E-state index is 12.0. The normalized spacial score (nSPS) is 10.1. The van der Waals surface area contributed by atoms with Crippen LogP contribution < -0.4 is 15.4 Å². The third-order valence-electron chi connectivity index (χ3n) is 2.80. The number of imidazole rings is 1. The molecule has 0 unspecified atom stereocenters. The standard InChI is InChI=1S/C13H14N4O3/c1-8-11(17(20)7-15-8)13(19)16-10-5-3-4-9(6-10)12(18)14-2/h3-7,15H,1-2H3,(H,14,18)(H,16,19). The lowest BCUT2D eigenvalue weighted by Crippen LogP contribution is -2.34. The second kappa shape index (κ2) is 5.43. The first-order chi connectivity index (χ1) is 9.52. The summed E-state index contributed by atoms with van der Waals surface area (Å²) in [5, 5.41) is 16.5. The Morgan fingerprint density at radius 1 is 1.30 bits per heavy atom. The van der Waals surface area contributed by atoms with Gasteiger partial charge in [-0.1, -0.05) is 6.07 Å². The molecule has 0 atom stereocenters. The fourth-order valence-corrected chi connectivity index (χ4v) is 1.80. The number of anilines is 1. The molecule has 0 saturated carbocycles. The van der Waals surface area contributed by atoms with Gasteiger partial charge >= 0.3 is 0 Å². The van der Waals surface area contributed by atoms with Crippen LogP contribution in [-0.4, -0.2) is 23.8 Å². The van der Waals surface area contributed by atoms with Crippen molar-refractivity contribution in [3.63, 3.8) is 0 Å². The molecule has 0 aliphatic carbocycles. The summed E-state index contributed by atoms with van der Waals surface area (Å²) in [5.74, 6) is -0.786. The number of amides is 2. The van der Waals surface area contributed by atoms with Gasteiger partial charge in [-0.25, -0.2) is 9.71 Å². The average molecular weight is 274 g/mol. The Bertz CT molecular complexity index is 644. The van der Waals surface area contributed by atoms with Crippen molar-refractivity contribution >= 4 is 17.5 Å². The van der Waals surface area contributed by atoms with Crippen LogP contribution in [0.1, 0.15) is 26.5 Å². The van der Waals surface area contributed by atoms with Crippen molar-refractivity contribution in [2.45, 2.75) is 6.92 Å². The van der Waals surface area contributed by atoms with Gasteiger partial charge in [0, 0.05) is 25.2 Å². The van der Waals surface area contributed by atoms with E-state index in [4.69, 9.17) is 0 Å². The van der Waals surface area contributed by atoms with Gasteiger partial charge in [0.1, 0.15) is 0 Å². The van der Waals surface area contributed by atoms with Gasteiger partial charge in [-0.15, -0.1) is 0 Å². The van der Waals surface area contributed by atoms with Crippen LogP contribution in [0.15, 0.2) is 30.6 Å². The van der Waals surface area contributed by atoms with E-state index >= 15 is 0 Å². The Balaban J connectivity index is 2.22. The topological polar surface area (TPSA) is 101 Å². The molecule has 1 heterocycles. The van der Waals surface area contributed by atoms with Crippen LogP contribution in [0.2, 0.25) is 0 Å². The fourth-order valence-electron chi connectivity index (χ4n) is 1.80. The smallest absolute Gasteiger partial charge is 0.300 e. The molecule has 0 radical (unpaired) electrons. The monoisotopic (exact) mass is 274 g/mol. The molecule has 0 fully saturated rings. The molecule has 0 bridgehead atoms. The summed E-state index contributed by atoms with van der Waals surface area (Å²) < 4.78 is 0.466. The highest BCUT2D eigenvalue weighted by molar-refractivity contribution is 6.03. The maximum Gasteiger partial charge on any atom is 0.300 e. The van der Waals surface area contributed by atoms with E-state index in [1.807, 2.05) is 0 Å². The number of hydrogen-bond donors (Lipinski definition) is 3. The third kappa shape index (κ3) is 2.61. The first-order valence-corrected chi connectivity index (χ1v) is 5.93. The number of hydrogen-bond acceptors (Lipinski definition) is 3. The Hall–Kier alpha value is -2.83. The number of H-pyrrole nitrogens is 1. The van der Waals surface area contributed by atoms with Gasteiger partial charge in [-0.05, 0) is 18.2 Å². The van der Waals surface area contributed by atoms with E-state index in [0.717, 1.165) is 6.33 Å². The molecule has 1 aromatic carbocycles. The largest absolute Gasteiger partial charge is 0.710 e.